The van der Waals surface area contributed by atoms with Gasteiger partial charge in [0.1, 0.15) is 17.1 Å². The molecule has 0 saturated carbocycles. The SMILES string of the molecule is CCc1ccc(OCC(=O)Oc2ccc(Br)cc2C(=O)O)cc1. The predicted molar refractivity (Wildman–Crippen MR) is 88.1 cm³/mol. The van der Waals surface area contributed by atoms with E-state index in [-0.39, 0.29) is 17.9 Å². The lowest BCUT2D eigenvalue weighted by Gasteiger charge is -2.09. The molecule has 0 atom stereocenters. The molecule has 0 heterocycles. The maximum absolute atomic E-state index is 11.8. The maximum Gasteiger partial charge on any atom is 0.349 e. The topological polar surface area (TPSA) is 72.8 Å². The summed E-state index contributed by atoms with van der Waals surface area (Å²) < 4.78 is 11.0. The van der Waals surface area contributed by atoms with E-state index in [1.165, 1.54) is 17.7 Å². The van der Waals surface area contributed by atoms with E-state index in [2.05, 4.69) is 15.9 Å². The average Bonchev–Trinajstić information content (AvgIpc) is 2.55. The van der Waals surface area contributed by atoms with E-state index in [0.717, 1.165) is 6.42 Å². The fourth-order valence-electron chi connectivity index (χ4n) is 1.87. The van der Waals surface area contributed by atoms with E-state index in [4.69, 9.17) is 14.6 Å². The molecule has 2 aromatic carbocycles. The third kappa shape index (κ3) is 4.82. The van der Waals surface area contributed by atoms with Gasteiger partial charge in [-0.1, -0.05) is 35.0 Å². The summed E-state index contributed by atoms with van der Waals surface area (Å²) in [6, 6.07) is 11.8. The second-order valence-corrected chi connectivity index (χ2v) is 5.62. The van der Waals surface area contributed by atoms with Crippen molar-refractivity contribution in [3.63, 3.8) is 0 Å². The zero-order chi connectivity index (χ0) is 16.8. The molecule has 6 heteroatoms. The minimum atomic E-state index is -1.18. The Hall–Kier alpha value is -2.34. The number of benzene rings is 2. The first-order chi connectivity index (χ1) is 11.0. The van der Waals surface area contributed by atoms with Gasteiger partial charge in [0.2, 0.25) is 0 Å². The van der Waals surface area contributed by atoms with Crippen molar-refractivity contribution in [2.24, 2.45) is 0 Å². The molecule has 0 amide bonds. The van der Waals surface area contributed by atoms with Crippen molar-refractivity contribution < 1.29 is 24.2 Å². The van der Waals surface area contributed by atoms with Crippen molar-refractivity contribution in [3.05, 3.63) is 58.1 Å². The Kier molecular flexibility index (Phi) is 5.76. The lowest BCUT2D eigenvalue weighted by molar-refractivity contribution is -0.136. The zero-order valence-corrected chi connectivity index (χ0v) is 14.0. The van der Waals surface area contributed by atoms with Crippen LogP contribution in [-0.2, 0) is 11.2 Å². The van der Waals surface area contributed by atoms with Gasteiger partial charge in [-0.3, -0.25) is 0 Å². The highest BCUT2D eigenvalue weighted by atomic mass is 79.9. The third-order valence-corrected chi connectivity index (χ3v) is 3.58. The molecule has 0 aromatic heterocycles. The highest BCUT2D eigenvalue weighted by molar-refractivity contribution is 9.10. The van der Waals surface area contributed by atoms with Gasteiger partial charge in [-0.25, -0.2) is 9.59 Å². The van der Waals surface area contributed by atoms with Crippen molar-refractivity contribution in [3.8, 4) is 11.5 Å². The molecule has 5 nitrogen and oxygen atoms in total. The first-order valence-corrected chi connectivity index (χ1v) is 7.74. The maximum atomic E-state index is 11.8. The summed E-state index contributed by atoms with van der Waals surface area (Å²) in [5.41, 5.74) is 1.07. The number of esters is 1. The number of carbonyl (C=O) groups is 2. The van der Waals surface area contributed by atoms with Crippen LogP contribution >= 0.6 is 15.9 Å². The minimum Gasteiger partial charge on any atom is -0.482 e. The van der Waals surface area contributed by atoms with Crippen LogP contribution in [0, 0.1) is 0 Å². The third-order valence-electron chi connectivity index (χ3n) is 3.08. The lowest BCUT2D eigenvalue weighted by Crippen LogP contribution is -2.19. The quantitative estimate of drug-likeness (QED) is 0.612. The molecular weight excluding hydrogens is 364 g/mol. The summed E-state index contributed by atoms with van der Waals surface area (Å²) in [4.78, 5) is 23.0. The van der Waals surface area contributed by atoms with Crippen molar-refractivity contribution in [1.82, 2.24) is 0 Å². The largest absolute Gasteiger partial charge is 0.482 e. The molecule has 0 radical (unpaired) electrons. The Morgan fingerprint density at radius 2 is 1.83 bits per heavy atom. The van der Waals surface area contributed by atoms with Crippen LogP contribution in [0.1, 0.15) is 22.8 Å². The molecule has 0 aliphatic rings. The second kappa shape index (κ2) is 7.78. The Labute approximate surface area is 142 Å². The number of aromatic carboxylic acids is 1. The molecule has 2 aromatic rings. The summed E-state index contributed by atoms with van der Waals surface area (Å²) in [6.45, 7) is 1.74. The molecule has 0 aliphatic heterocycles. The van der Waals surface area contributed by atoms with E-state index in [1.807, 2.05) is 19.1 Å². The summed E-state index contributed by atoms with van der Waals surface area (Å²) in [5.74, 6) is -1.32. The van der Waals surface area contributed by atoms with Gasteiger partial charge in [-0.2, -0.15) is 0 Å². The van der Waals surface area contributed by atoms with E-state index < -0.39 is 11.9 Å². The number of hydrogen-bond donors (Lipinski definition) is 1. The molecule has 0 bridgehead atoms. The predicted octanol–water partition coefficient (Wildman–Crippen LogP) is 3.69. The number of ether oxygens (including phenoxy) is 2. The van der Waals surface area contributed by atoms with Crippen LogP contribution in [0.5, 0.6) is 11.5 Å². The number of carbonyl (C=O) groups excluding carboxylic acids is 1. The van der Waals surface area contributed by atoms with Crippen LogP contribution in [0.3, 0.4) is 0 Å². The number of halogens is 1. The Bertz CT molecular complexity index is 709. The Morgan fingerprint density at radius 1 is 1.13 bits per heavy atom. The molecule has 0 aliphatic carbocycles. The van der Waals surface area contributed by atoms with Crippen LogP contribution in [-0.4, -0.2) is 23.7 Å². The van der Waals surface area contributed by atoms with Crippen molar-refractivity contribution in [1.29, 1.82) is 0 Å². The smallest absolute Gasteiger partial charge is 0.349 e. The molecular formula is C17H15BrO5. The number of aryl methyl sites for hydroxylation is 1. The van der Waals surface area contributed by atoms with Crippen molar-refractivity contribution in [2.45, 2.75) is 13.3 Å². The van der Waals surface area contributed by atoms with E-state index >= 15 is 0 Å². The molecule has 0 spiro atoms. The summed E-state index contributed by atoms with van der Waals surface area (Å²) in [7, 11) is 0. The fourth-order valence-corrected chi connectivity index (χ4v) is 2.24. The number of rotatable bonds is 6. The molecule has 120 valence electrons. The standard InChI is InChI=1S/C17H15BrO5/c1-2-11-3-6-13(7-4-11)22-10-16(19)23-15-8-5-12(18)9-14(15)17(20)21/h3-9H,2,10H2,1H3,(H,20,21). The van der Waals surface area contributed by atoms with E-state index in [9.17, 15) is 9.59 Å². The summed E-state index contributed by atoms with van der Waals surface area (Å²) >= 11 is 3.18. The van der Waals surface area contributed by atoms with Crippen molar-refractivity contribution >= 4 is 27.9 Å². The molecule has 0 fully saturated rings. The van der Waals surface area contributed by atoms with Gasteiger partial charge >= 0.3 is 11.9 Å². The van der Waals surface area contributed by atoms with Crippen molar-refractivity contribution in [2.75, 3.05) is 6.61 Å². The highest BCUT2D eigenvalue weighted by Gasteiger charge is 2.15. The first-order valence-electron chi connectivity index (χ1n) is 6.95. The highest BCUT2D eigenvalue weighted by Crippen LogP contribution is 2.23. The zero-order valence-electron chi connectivity index (χ0n) is 12.4. The monoisotopic (exact) mass is 378 g/mol. The van der Waals surface area contributed by atoms with Gasteiger partial charge in [0.25, 0.3) is 0 Å². The van der Waals surface area contributed by atoms with Crippen LogP contribution < -0.4 is 9.47 Å². The van der Waals surface area contributed by atoms with Gasteiger partial charge in [0.15, 0.2) is 6.61 Å². The normalized spacial score (nSPS) is 10.2. The number of carboxylic acids is 1. The summed E-state index contributed by atoms with van der Waals surface area (Å²) in [5, 5.41) is 9.12. The second-order valence-electron chi connectivity index (χ2n) is 4.71. The van der Waals surface area contributed by atoms with Gasteiger partial charge in [0, 0.05) is 4.47 Å². The van der Waals surface area contributed by atoms with Gasteiger partial charge in [-0.05, 0) is 42.3 Å². The lowest BCUT2D eigenvalue weighted by atomic mass is 10.2. The van der Waals surface area contributed by atoms with Crippen LogP contribution in [0.2, 0.25) is 0 Å². The molecule has 0 saturated heterocycles. The molecule has 2 rings (SSSR count). The fraction of sp³-hybridized carbons (Fsp3) is 0.176. The Balaban J connectivity index is 1.98. The Morgan fingerprint density at radius 3 is 2.43 bits per heavy atom. The van der Waals surface area contributed by atoms with Gasteiger partial charge in [-0.15, -0.1) is 0 Å². The molecule has 23 heavy (non-hydrogen) atoms. The summed E-state index contributed by atoms with van der Waals surface area (Å²) in [6.07, 6.45) is 0.920. The van der Waals surface area contributed by atoms with Gasteiger partial charge in [0.05, 0.1) is 0 Å². The van der Waals surface area contributed by atoms with E-state index in [0.29, 0.717) is 10.2 Å². The average molecular weight is 379 g/mol. The molecule has 0 unspecified atom stereocenters. The van der Waals surface area contributed by atoms with E-state index in [1.54, 1.807) is 18.2 Å². The number of hydrogen-bond acceptors (Lipinski definition) is 4. The minimum absolute atomic E-state index is 0.0179. The van der Waals surface area contributed by atoms with Crippen LogP contribution in [0.4, 0.5) is 0 Å². The number of carboxylic acid groups (broad SMARTS) is 1. The molecule has 1 N–H and O–H groups in total. The van der Waals surface area contributed by atoms with Crippen LogP contribution in [0.15, 0.2) is 46.9 Å². The van der Waals surface area contributed by atoms with Gasteiger partial charge < -0.3 is 14.6 Å². The van der Waals surface area contributed by atoms with Crippen LogP contribution in [0.25, 0.3) is 0 Å². The first kappa shape index (κ1) is 17.0.